The summed E-state index contributed by atoms with van der Waals surface area (Å²) < 4.78 is 0. The molecule has 0 bridgehead atoms. The highest BCUT2D eigenvalue weighted by Gasteiger charge is 2.26. The summed E-state index contributed by atoms with van der Waals surface area (Å²) in [6.45, 7) is 1.89. The van der Waals surface area contributed by atoms with Gasteiger partial charge in [0, 0.05) is 13.5 Å². The molecule has 4 heteroatoms. The molecule has 0 aromatic heterocycles. The van der Waals surface area contributed by atoms with Crippen molar-refractivity contribution in [3.8, 4) is 0 Å². The molecule has 1 aliphatic rings. The summed E-state index contributed by atoms with van der Waals surface area (Å²) in [6.07, 6.45) is 4.08. The maximum Gasteiger partial charge on any atom is 0.330 e. The minimum absolute atomic E-state index is 0.188. The quantitative estimate of drug-likeness (QED) is 0.572. The van der Waals surface area contributed by atoms with Gasteiger partial charge >= 0.3 is 5.97 Å². The number of hydrogen-bond acceptors (Lipinski definition) is 2. The molecule has 0 saturated carbocycles. The monoisotopic (exact) mass is 169 g/mol. The molecule has 0 radical (unpaired) electrons. The summed E-state index contributed by atoms with van der Waals surface area (Å²) in [7, 11) is 0. The molecule has 1 atom stereocenters. The molecule has 1 heterocycles. The summed E-state index contributed by atoms with van der Waals surface area (Å²) >= 11 is 0. The van der Waals surface area contributed by atoms with Gasteiger partial charge in [-0.2, -0.15) is 0 Å². The molecule has 1 amide bonds. The maximum atomic E-state index is 10.9. The van der Waals surface area contributed by atoms with Crippen LogP contribution < -0.4 is 0 Å². The van der Waals surface area contributed by atoms with E-state index in [2.05, 4.69) is 0 Å². The van der Waals surface area contributed by atoms with Gasteiger partial charge in [0.05, 0.1) is 0 Å². The number of amides is 1. The Kier molecular flexibility index (Phi) is 2.47. The molecule has 1 unspecified atom stereocenters. The lowest BCUT2D eigenvalue weighted by molar-refractivity contribution is -0.147. The number of carbonyl (C=O) groups is 2. The van der Waals surface area contributed by atoms with Crippen molar-refractivity contribution in [3.63, 3.8) is 0 Å². The minimum Gasteiger partial charge on any atom is -0.479 e. The fraction of sp³-hybridized carbons (Fsp3) is 0.500. The van der Waals surface area contributed by atoms with Crippen LogP contribution in [0.5, 0.6) is 0 Å². The molecule has 0 saturated heterocycles. The Labute approximate surface area is 70.5 Å². The lowest BCUT2D eigenvalue weighted by atomic mass is 10.1. The van der Waals surface area contributed by atoms with Crippen LogP contribution in [0.25, 0.3) is 0 Å². The van der Waals surface area contributed by atoms with Gasteiger partial charge in [-0.3, -0.25) is 4.79 Å². The number of carbonyl (C=O) groups excluding carboxylic acids is 1. The van der Waals surface area contributed by atoms with Crippen LogP contribution in [0.15, 0.2) is 12.2 Å². The molecule has 4 nitrogen and oxygen atoms in total. The van der Waals surface area contributed by atoms with Crippen molar-refractivity contribution in [3.05, 3.63) is 12.2 Å². The van der Waals surface area contributed by atoms with E-state index in [4.69, 9.17) is 5.11 Å². The van der Waals surface area contributed by atoms with Gasteiger partial charge < -0.3 is 10.0 Å². The van der Waals surface area contributed by atoms with Crippen LogP contribution in [0.1, 0.15) is 13.3 Å². The van der Waals surface area contributed by atoms with Gasteiger partial charge in [-0.15, -0.1) is 0 Å². The van der Waals surface area contributed by atoms with Crippen molar-refractivity contribution >= 4 is 11.9 Å². The number of nitrogens with zero attached hydrogens (tertiary/aromatic N) is 1. The van der Waals surface area contributed by atoms with Gasteiger partial charge in [-0.05, 0) is 6.42 Å². The second-order valence-electron chi connectivity index (χ2n) is 2.71. The first-order valence-corrected chi connectivity index (χ1v) is 3.79. The van der Waals surface area contributed by atoms with Crippen molar-refractivity contribution in [2.75, 3.05) is 6.54 Å². The Morgan fingerprint density at radius 3 is 2.67 bits per heavy atom. The fourth-order valence-electron chi connectivity index (χ4n) is 1.25. The summed E-state index contributed by atoms with van der Waals surface area (Å²) in [4.78, 5) is 22.9. The zero-order valence-electron chi connectivity index (χ0n) is 6.86. The highest BCUT2D eigenvalue weighted by atomic mass is 16.4. The third-order valence-electron chi connectivity index (χ3n) is 1.85. The van der Waals surface area contributed by atoms with E-state index in [1.54, 1.807) is 12.2 Å². The smallest absolute Gasteiger partial charge is 0.330 e. The molecule has 1 aliphatic heterocycles. The second-order valence-corrected chi connectivity index (χ2v) is 2.71. The Morgan fingerprint density at radius 1 is 1.58 bits per heavy atom. The molecule has 0 aromatic rings. The van der Waals surface area contributed by atoms with Crippen molar-refractivity contribution < 1.29 is 14.7 Å². The minimum atomic E-state index is -0.971. The van der Waals surface area contributed by atoms with E-state index in [9.17, 15) is 9.59 Å². The standard InChI is InChI=1S/C8H11NO3/c1-6(10)9-5-3-2-4-7(9)8(11)12/h2,4,7H,3,5H2,1H3,(H,11,12). The lowest BCUT2D eigenvalue weighted by Gasteiger charge is -2.28. The predicted octanol–water partition coefficient (Wildman–Crippen LogP) is 0.248. The molecule has 1 N–H and O–H groups in total. The van der Waals surface area contributed by atoms with Crippen LogP contribution in [0.3, 0.4) is 0 Å². The number of hydrogen-bond donors (Lipinski definition) is 1. The second kappa shape index (κ2) is 3.38. The van der Waals surface area contributed by atoms with Crippen LogP contribution in [-0.4, -0.2) is 34.5 Å². The van der Waals surface area contributed by atoms with Gasteiger partial charge in [0.2, 0.25) is 5.91 Å². The Balaban J connectivity index is 2.79. The van der Waals surface area contributed by atoms with Crippen LogP contribution in [0, 0.1) is 0 Å². The Hall–Kier alpha value is -1.32. The maximum absolute atomic E-state index is 10.9. The van der Waals surface area contributed by atoms with E-state index in [0.717, 1.165) is 6.42 Å². The number of rotatable bonds is 1. The third-order valence-corrected chi connectivity index (χ3v) is 1.85. The van der Waals surface area contributed by atoms with Crippen molar-refractivity contribution in [2.45, 2.75) is 19.4 Å². The highest BCUT2D eigenvalue weighted by Crippen LogP contribution is 2.09. The zero-order valence-corrected chi connectivity index (χ0v) is 6.86. The first kappa shape index (κ1) is 8.77. The average Bonchev–Trinajstić information content (AvgIpc) is 2.04. The SMILES string of the molecule is CC(=O)N1CCC=CC1C(=O)O. The van der Waals surface area contributed by atoms with Gasteiger partial charge in [0.1, 0.15) is 6.04 Å². The molecule has 0 aromatic carbocycles. The first-order chi connectivity index (χ1) is 5.63. The van der Waals surface area contributed by atoms with E-state index < -0.39 is 12.0 Å². The molecule has 0 fully saturated rings. The summed E-state index contributed by atoms with van der Waals surface area (Å²) in [5, 5.41) is 8.71. The number of carboxylic acid groups (broad SMARTS) is 1. The molecule has 0 aliphatic carbocycles. The Morgan fingerprint density at radius 2 is 2.25 bits per heavy atom. The van der Waals surface area contributed by atoms with Crippen LogP contribution in [0.4, 0.5) is 0 Å². The summed E-state index contributed by atoms with van der Waals surface area (Å²) in [5.41, 5.74) is 0. The number of aliphatic carboxylic acids is 1. The normalized spacial score (nSPS) is 22.4. The Bertz CT molecular complexity index is 234. The average molecular weight is 169 g/mol. The lowest BCUT2D eigenvalue weighted by Crippen LogP contribution is -2.44. The molecule has 0 spiro atoms. The highest BCUT2D eigenvalue weighted by molar-refractivity contribution is 5.84. The van der Waals surface area contributed by atoms with E-state index in [0.29, 0.717) is 6.54 Å². The van der Waals surface area contributed by atoms with Crippen molar-refractivity contribution in [1.82, 2.24) is 4.90 Å². The van der Waals surface area contributed by atoms with E-state index >= 15 is 0 Å². The van der Waals surface area contributed by atoms with Gasteiger partial charge in [0.25, 0.3) is 0 Å². The molecular formula is C8H11NO3. The fourth-order valence-corrected chi connectivity index (χ4v) is 1.25. The first-order valence-electron chi connectivity index (χ1n) is 3.79. The third kappa shape index (κ3) is 1.64. The van der Waals surface area contributed by atoms with Crippen molar-refractivity contribution in [1.29, 1.82) is 0 Å². The van der Waals surface area contributed by atoms with Crippen LogP contribution in [-0.2, 0) is 9.59 Å². The summed E-state index contributed by atoms with van der Waals surface area (Å²) in [5.74, 6) is -1.16. The number of carboxylic acids is 1. The predicted molar refractivity (Wildman–Crippen MR) is 42.6 cm³/mol. The van der Waals surface area contributed by atoms with Gasteiger partial charge in [-0.25, -0.2) is 4.79 Å². The molecule has 1 rings (SSSR count). The zero-order chi connectivity index (χ0) is 9.14. The largest absolute Gasteiger partial charge is 0.479 e. The van der Waals surface area contributed by atoms with Crippen LogP contribution in [0.2, 0.25) is 0 Å². The van der Waals surface area contributed by atoms with Gasteiger partial charge in [0.15, 0.2) is 0 Å². The molecule has 12 heavy (non-hydrogen) atoms. The van der Waals surface area contributed by atoms with Crippen LogP contribution >= 0.6 is 0 Å². The van der Waals surface area contributed by atoms with E-state index in [1.807, 2.05) is 0 Å². The topological polar surface area (TPSA) is 57.6 Å². The summed E-state index contributed by atoms with van der Waals surface area (Å²) in [6, 6.07) is -0.767. The van der Waals surface area contributed by atoms with E-state index in [-0.39, 0.29) is 5.91 Å². The van der Waals surface area contributed by atoms with E-state index in [1.165, 1.54) is 11.8 Å². The molecular weight excluding hydrogens is 158 g/mol. The molecule has 66 valence electrons. The van der Waals surface area contributed by atoms with Gasteiger partial charge in [-0.1, -0.05) is 12.2 Å². The van der Waals surface area contributed by atoms with Crippen molar-refractivity contribution in [2.24, 2.45) is 0 Å².